The second-order valence-corrected chi connectivity index (χ2v) is 10.4. The smallest absolute Gasteiger partial charge is 0.264 e. The highest BCUT2D eigenvalue weighted by atomic mass is 32.2. The van der Waals surface area contributed by atoms with Crippen LogP contribution in [0, 0.1) is 6.92 Å². The number of hydrogen-bond donors (Lipinski definition) is 0. The minimum Gasteiger partial charge on any atom is -0.367 e. The zero-order chi connectivity index (χ0) is 23.6. The molecule has 1 heterocycles. The maximum Gasteiger partial charge on any atom is 0.264 e. The van der Waals surface area contributed by atoms with Crippen molar-refractivity contribution in [1.29, 1.82) is 0 Å². The second-order valence-electron chi connectivity index (χ2n) is 8.39. The average molecular weight is 465 g/mol. The summed E-state index contributed by atoms with van der Waals surface area (Å²) < 4.78 is 33.8. The molecular formula is C26H28N2O4S. The third kappa shape index (κ3) is 4.94. The van der Waals surface area contributed by atoms with Gasteiger partial charge in [-0.2, -0.15) is 0 Å². The van der Waals surface area contributed by atoms with Gasteiger partial charge in [-0.25, -0.2) is 8.42 Å². The molecule has 7 heteroatoms. The van der Waals surface area contributed by atoms with Crippen molar-refractivity contribution in [3.63, 3.8) is 0 Å². The number of amides is 1. The fourth-order valence-electron chi connectivity index (χ4n) is 3.99. The first-order valence-corrected chi connectivity index (χ1v) is 12.3. The molecule has 0 radical (unpaired) electrons. The number of morpholine rings is 1. The average Bonchev–Trinajstić information content (AvgIpc) is 2.84. The summed E-state index contributed by atoms with van der Waals surface area (Å²) in [5.74, 6) is -0.207. The lowest BCUT2D eigenvalue weighted by molar-refractivity contribution is -0.0691. The number of nitrogens with zero attached hydrogens (tertiary/aromatic N) is 2. The van der Waals surface area contributed by atoms with Gasteiger partial charge in [0.25, 0.3) is 15.9 Å². The molecule has 33 heavy (non-hydrogen) atoms. The molecule has 2 atom stereocenters. The van der Waals surface area contributed by atoms with Crippen molar-refractivity contribution in [3.8, 4) is 0 Å². The summed E-state index contributed by atoms with van der Waals surface area (Å²) in [6, 6.07) is 23.3. The van der Waals surface area contributed by atoms with E-state index in [1.807, 2.05) is 56.3 Å². The number of rotatable bonds is 5. The van der Waals surface area contributed by atoms with E-state index < -0.39 is 10.0 Å². The predicted octanol–water partition coefficient (Wildman–Crippen LogP) is 4.42. The van der Waals surface area contributed by atoms with Crippen LogP contribution in [0.2, 0.25) is 0 Å². The standard InChI is InChI=1S/C26H28N2O4S/c1-19-12-14-23(15-13-19)27(3)33(30,31)24-11-7-10-22(16-24)26(29)28-17-20(2)32-25(18-28)21-8-5-4-6-9-21/h4-16,20,25H,17-18H2,1-3H3. The van der Waals surface area contributed by atoms with Crippen molar-refractivity contribution < 1.29 is 17.9 Å². The number of sulfonamides is 1. The minimum absolute atomic E-state index is 0.0809. The first-order valence-electron chi connectivity index (χ1n) is 10.9. The van der Waals surface area contributed by atoms with Crippen molar-refractivity contribution >= 4 is 21.6 Å². The Balaban J connectivity index is 1.58. The molecule has 2 unspecified atom stereocenters. The second kappa shape index (κ2) is 9.37. The number of anilines is 1. The molecule has 0 spiro atoms. The Labute approximate surface area is 195 Å². The first kappa shape index (κ1) is 23.0. The van der Waals surface area contributed by atoms with Crippen LogP contribution in [0.15, 0.2) is 83.8 Å². The lowest BCUT2D eigenvalue weighted by Gasteiger charge is -2.37. The van der Waals surface area contributed by atoms with Crippen molar-refractivity contribution in [3.05, 3.63) is 95.6 Å². The van der Waals surface area contributed by atoms with Crippen LogP contribution in [-0.2, 0) is 14.8 Å². The van der Waals surface area contributed by atoms with Gasteiger partial charge in [0.1, 0.15) is 6.10 Å². The van der Waals surface area contributed by atoms with Gasteiger partial charge >= 0.3 is 0 Å². The molecule has 0 N–H and O–H groups in total. The highest BCUT2D eigenvalue weighted by Gasteiger charge is 2.30. The lowest BCUT2D eigenvalue weighted by Crippen LogP contribution is -2.46. The molecule has 4 rings (SSSR count). The number of hydrogen-bond acceptors (Lipinski definition) is 4. The lowest BCUT2D eigenvalue weighted by atomic mass is 10.1. The highest BCUT2D eigenvalue weighted by molar-refractivity contribution is 7.92. The third-order valence-corrected chi connectivity index (χ3v) is 7.64. The van der Waals surface area contributed by atoms with E-state index in [2.05, 4.69) is 0 Å². The SMILES string of the molecule is Cc1ccc(N(C)S(=O)(=O)c2cccc(C(=O)N3CC(C)OC(c4ccccc4)C3)c2)cc1. The molecule has 0 aromatic heterocycles. The molecule has 3 aromatic rings. The Kier molecular flexibility index (Phi) is 6.54. The molecule has 172 valence electrons. The fourth-order valence-corrected chi connectivity index (χ4v) is 5.23. The van der Waals surface area contributed by atoms with Gasteiger partial charge in [0.05, 0.1) is 23.2 Å². The van der Waals surface area contributed by atoms with E-state index in [0.29, 0.717) is 24.3 Å². The Bertz CT molecular complexity index is 1230. The van der Waals surface area contributed by atoms with Gasteiger partial charge in [0.2, 0.25) is 0 Å². The van der Waals surface area contributed by atoms with Gasteiger partial charge in [0.15, 0.2) is 0 Å². The van der Waals surface area contributed by atoms with Gasteiger partial charge in [-0.05, 0) is 49.7 Å². The van der Waals surface area contributed by atoms with Gasteiger partial charge < -0.3 is 9.64 Å². The van der Waals surface area contributed by atoms with Gasteiger partial charge in [-0.15, -0.1) is 0 Å². The molecule has 6 nitrogen and oxygen atoms in total. The molecular weight excluding hydrogens is 436 g/mol. The summed E-state index contributed by atoms with van der Waals surface area (Å²) in [5, 5.41) is 0. The molecule has 0 bridgehead atoms. The highest BCUT2D eigenvalue weighted by Crippen LogP contribution is 2.27. The van der Waals surface area contributed by atoms with Crippen LogP contribution < -0.4 is 4.31 Å². The summed E-state index contributed by atoms with van der Waals surface area (Å²) in [6.07, 6.45) is -0.356. The topological polar surface area (TPSA) is 66.9 Å². The summed E-state index contributed by atoms with van der Waals surface area (Å²) in [7, 11) is -2.30. The summed E-state index contributed by atoms with van der Waals surface area (Å²) in [5.41, 5.74) is 2.96. The zero-order valence-corrected chi connectivity index (χ0v) is 19.8. The van der Waals surface area contributed by atoms with Crippen LogP contribution in [0.4, 0.5) is 5.69 Å². The molecule has 1 aliphatic rings. The van der Waals surface area contributed by atoms with E-state index >= 15 is 0 Å². The fraction of sp³-hybridized carbons (Fsp3) is 0.269. The molecule has 0 aliphatic carbocycles. The van der Waals surface area contributed by atoms with Gasteiger partial charge in [-0.3, -0.25) is 9.10 Å². The van der Waals surface area contributed by atoms with Crippen molar-refractivity contribution in [1.82, 2.24) is 4.90 Å². The Morgan fingerprint density at radius 3 is 2.36 bits per heavy atom. The molecule has 3 aromatic carbocycles. The predicted molar refractivity (Wildman–Crippen MR) is 129 cm³/mol. The van der Waals surface area contributed by atoms with Crippen LogP contribution in [0.25, 0.3) is 0 Å². The molecule has 1 fully saturated rings. The Morgan fingerprint density at radius 1 is 0.970 bits per heavy atom. The van der Waals surface area contributed by atoms with E-state index in [9.17, 15) is 13.2 Å². The van der Waals surface area contributed by atoms with Crippen molar-refractivity contribution in [2.75, 3.05) is 24.4 Å². The number of aryl methyl sites for hydroxylation is 1. The van der Waals surface area contributed by atoms with E-state index in [4.69, 9.17) is 4.74 Å². The quantitative estimate of drug-likeness (QED) is 0.561. The maximum absolute atomic E-state index is 13.3. The Morgan fingerprint density at radius 2 is 1.67 bits per heavy atom. The molecule has 1 aliphatic heterocycles. The van der Waals surface area contributed by atoms with E-state index in [1.54, 1.807) is 29.2 Å². The summed E-state index contributed by atoms with van der Waals surface area (Å²) in [6.45, 7) is 4.74. The Hall–Kier alpha value is -3.16. The normalized spacial score (nSPS) is 18.7. The largest absolute Gasteiger partial charge is 0.367 e. The van der Waals surface area contributed by atoms with Gasteiger partial charge in [-0.1, -0.05) is 54.1 Å². The monoisotopic (exact) mass is 464 g/mol. The number of ether oxygens (including phenoxy) is 1. The zero-order valence-electron chi connectivity index (χ0n) is 19.0. The number of benzene rings is 3. The molecule has 0 saturated carbocycles. The minimum atomic E-state index is -3.82. The van der Waals surface area contributed by atoms with Crippen molar-refractivity contribution in [2.45, 2.75) is 31.0 Å². The third-order valence-electron chi connectivity index (χ3n) is 5.86. The summed E-state index contributed by atoms with van der Waals surface area (Å²) >= 11 is 0. The maximum atomic E-state index is 13.3. The molecule has 1 saturated heterocycles. The van der Waals surface area contributed by atoms with E-state index in [-0.39, 0.29) is 23.0 Å². The molecule has 1 amide bonds. The van der Waals surface area contributed by atoms with E-state index in [0.717, 1.165) is 11.1 Å². The van der Waals surface area contributed by atoms with Gasteiger partial charge in [0, 0.05) is 19.2 Å². The van der Waals surface area contributed by atoms with Crippen LogP contribution in [-0.4, -0.2) is 45.5 Å². The van der Waals surface area contributed by atoms with Crippen LogP contribution in [0.5, 0.6) is 0 Å². The van der Waals surface area contributed by atoms with Crippen LogP contribution in [0.3, 0.4) is 0 Å². The number of carbonyl (C=O) groups excluding carboxylic acids is 1. The van der Waals surface area contributed by atoms with Crippen molar-refractivity contribution in [2.24, 2.45) is 0 Å². The van der Waals surface area contributed by atoms with Crippen LogP contribution >= 0.6 is 0 Å². The number of carbonyl (C=O) groups is 1. The van der Waals surface area contributed by atoms with E-state index in [1.165, 1.54) is 23.5 Å². The first-order chi connectivity index (χ1) is 15.8. The summed E-state index contributed by atoms with van der Waals surface area (Å²) in [4.78, 5) is 15.2. The van der Waals surface area contributed by atoms with Crippen LogP contribution in [0.1, 0.15) is 34.5 Å².